The Morgan fingerprint density at radius 1 is 1.06 bits per heavy atom. The van der Waals surface area contributed by atoms with Crippen LogP contribution in [-0.4, -0.2) is 49.7 Å². The SMILES string of the molecule is CCOc1ccc(C(=O)O[C@@H](C)C(=O)N2CCC(Cc3ccccc3)CC2)cc1OC. The van der Waals surface area contributed by atoms with Crippen LogP contribution in [0.5, 0.6) is 11.5 Å². The van der Waals surface area contributed by atoms with Crippen LogP contribution in [0.3, 0.4) is 0 Å². The molecule has 0 aromatic heterocycles. The minimum absolute atomic E-state index is 0.149. The number of carbonyl (C=O) groups is 2. The average Bonchev–Trinajstić information content (AvgIpc) is 2.80. The second-order valence-corrected chi connectivity index (χ2v) is 7.80. The molecule has 0 radical (unpaired) electrons. The number of nitrogens with zero attached hydrogens (tertiary/aromatic N) is 1. The number of rotatable bonds is 8. The van der Waals surface area contributed by atoms with Crippen LogP contribution in [0.4, 0.5) is 0 Å². The number of ether oxygens (including phenoxy) is 3. The Kier molecular flexibility index (Phi) is 7.93. The number of esters is 1. The second-order valence-electron chi connectivity index (χ2n) is 7.80. The van der Waals surface area contributed by atoms with Crippen LogP contribution in [0.25, 0.3) is 0 Å². The highest BCUT2D eigenvalue weighted by atomic mass is 16.5. The molecular formula is C25H31NO5. The van der Waals surface area contributed by atoms with Crippen molar-refractivity contribution in [2.24, 2.45) is 5.92 Å². The number of carbonyl (C=O) groups excluding carboxylic acids is 2. The van der Waals surface area contributed by atoms with Gasteiger partial charge in [-0.1, -0.05) is 30.3 Å². The molecule has 1 aliphatic rings. The molecule has 0 spiro atoms. The summed E-state index contributed by atoms with van der Waals surface area (Å²) >= 11 is 0. The number of hydrogen-bond donors (Lipinski definition) is 0. The van der Waals surface area contributed by atoms with Crippen molar-refractivity contribution >= 4 is 11.9 Å². The zero-order chi connectivity index (χ0) is 22.2. The average molecular weight is 426 g/mol. The number of piperidine rings is 1. The smallest absolute Gasteiger partial charge is 0.339 e. The summed E-state index contributed by atoms with van der Waals surface area (Å²) < 4.78 is 16.2. The second kappa shape index (κ2) is 10.8. The first-order chi connectivity index (χ1) is 15.0. The zero-order valence-electron chi connectivity index (χ0n) is 18.5. The first-order valence-corrected chi connectivity index (χ1v) is 10.9. The molecule has 166 valence electrons. The van der Waals surface area contributed by atoms with Gasteiger partial charge >= 0.3 is 5.97 Å². The molecule has 3 rings (SSSR count). The number of methoxy groups -OCH3 is 1. The molecule has 1 fully saturated rings. The summed E-state index contributed by atoms with van der Waals surface area (Å²) in [5.41, 5.74) is 1.65. The van der Waals surface area contributed by atoms with Crippen LogP contribution >= 0.6 is 0 Å². The molecule has 31 heavy (non-hydrogen) atoms. The normalized spacial score (nSPS) is 15.3. The largest absolute Gasteiger partial charge is 0.493 e. The van der Waals surface area contributed by atoms with Gasteiger partial charge in [0.05, 0.1) is 19.3 Å². The van der Waals surface area contributed by atoms with Gasteiger partial charge in [0.1, 0.15) is 0 Å². The third-order valence-corrected chi connectivity index (χ3v) is 5.62. The van der Waals surface area contributed by atoms with Gasteiger partial charge in [-0.15, -0.1) is 0 Å². The van der Waals surface area contributed by atoms with Crippen LogP contribution in [0.1, 0.15) is 42.6 Å². The fourth-order valence-electron chi connectivity index (χ4n) is 3.91. The van der Waals surface area contributed by atoms with Crippen molar-refractivity contribution in [2.45, 2.75) is 39.2 Å². The zero-order valence-corrected chi connectivity index (χ0v) is 18.5. The molecule has 0 N–H and O–H groups in total. The van der Waals surface area contributed by atoms with Gasteiger partial charge in [0.2, 0.25) is 0 Å². The summed E-state index contributed by atoms with van der Waals surface area (Å²) in [5, 5.41) is 0. The molecule has 1 saturated heterocycles. The van der Waals surface area contributed by atoms with Gasteiger partial charge in [0.15, 0.2) is 17.6 Å². The highest BCUT2D eigenvalue weighted by Gasteiger charge is 2.28. The Labute approximate surface area is 184 Å². The molecule has 2 aromatic rings. The third-order valence-electron chi connectivity index (χ3n) is 5.62. The Morgan fingerprint density at radius 3 is 2.42 bits per heavy atom. The Morgan fingerprint density at radius 2 is 1.77 bits per heavy atom. The topological polar surface area (TPSA) is 65.1 Å². The fourth-order valence-corrected chi connectivity index (χ4v) is 3.91. The lowest BCUT2D eigenvalue weighted by atomic mass is 9.90. The first-order valence-electron chi connectivity index (χ1n) is 10.9. The van der Waals surface area contributed by atoms with Crippen molar-refractivity contribution in [3.63, 3.8) is 0 Å². The number of benzene rings is 2. The van der Waals surface area contributed by atoms with Gasteiger partial charge in [-0.05, 0) is 62.8 Å². The van der Waals surface area contributed by atoms with E-state index < -0.39 is 12.1 Å². The predicted molar refractivity (Wildman–Crippen MR) is 118 cm³/mol. The summed E-state index contributed by atoms with van der Waals surface area (Å²) in [5.74, 6) is 0.881. The summed E-state index contributed by atoms with van der Waals surface area (Å²) in [6, 6.07) is 15.3. The monoisotopic (exact) mass is 425 g/mol. The van der Waals surface area contributed by atoms with Crippen molar-refractivity contribution in [1.29, 1.82) is 0 Å². The quantitative estimate of drug-likeness (QED) is 0.595. The highest BCUT2D eigenvalue weighted by Crippen LogP contribution is 2.28. The molecule has 1 aliphatic heterocycles. The van der Waals surface area contributed by atoms with Crippen LogP contribution in [-0.2, 0) is 16.0 Å². The lowest BCUT2D eigenvalue weighted by Gasteiger charge is -2.33. The maximum absolute atomic E-state index is 12.8. The van der Waals surface area contributed by atoms with Crippen LogP contribution < -0.4 is 9.47 Å². The molecular weight excluding hydrogens is 394 g/mol. The van der Waals surface area contributed by atoms with Crippen molar-refractivity contribution < 1.29 is 23.8 Å². The maximum atomic E-state index is 12.8. The van der Waals surface area contributed by atoms with E-state index in [4.69, 9.17) is 14.2 Å². The van der Waals surface area contributed by atoms with Crippen LogP contribution in [0.15, 0.2) is 48.5 Å². The van der Waals surface area contributed by atoms with Crippen LogP contribution in [0.2, 0.25) is 0 Å². The molecule has 1 amide bonds. The molecule has 1 heterocycles. The number of hydrogen-bond acceptors (Lipinski definition) is 5. The van der Waals surface area contributed by atoms with E-state index in [1.165, 1.54) is 12.7 Å². The van der Waals surface area contributed by atoms with Crippen molar-refractivity contribution in [3.05, 3.63) is 59.7 Å². The van der Waals surface area contributed by atoms with E-state index in [1.807, 2.05) is 13.0 Å². The summed E-state index contributed by atoms with van der Waals surface area (Å²) in [6.45, 7) is 5.37. The molecule has 0 saturated carbocycles. The van der Waals surface area contributed by atoms with E-state index in [9.17, 15) is 9.59 Å². The van der Waals surface area contributed by atoms with E-state index in [0.717, 1.165) is 19.3 Å². The van der Waals surface area contributed by atoms with Crippen LogP contribution in [0, 0.1) is 5.92 Å². The van der Waals surface area contributed by atoms with E-state index in [2.05, 4.69) is 24.3 Å². The van der Waals surface area contributed by atoms with Gasteiger partial charge in [0, 0.05) is 13.1 Å². The van der Waals surface area contributed by atoms with Crippen molar-refractivity contribution in [1.82, 2.24) is 4.90 Å². The Balaban J connectivity index is 1.52. The lowest BCUT2D eigenvalue weighted by Crippen LogP contribution is -2.44. The Bertz CT molecular complexity index is 875. The molecule has 2 aromatic carbocycles. The molecule has 6 nitrogen and oxygen atoms in total. The third kappa shape index (κ3) is 6.00. The van der Waals surface area contributed by atoms with Gasteiger partial charge in [0.25, 0.3) is 5.91 Å². The van der Waals surface area contributed by atoms with Crippen molar-refractivity contribution in [3.8, 4) is 11.5 Å². The molecule has 6 heteroatoms. The minimum Gasteiger partial charge on any atom is -0.493 e. The number of likely N-dealkylation sites (tertiary alicyclic amines) is 1. The lowest BCUT2D eigenvalue weighted by molar-refractivity contribution is -0.141. The molecule has 0 bridgehead atoms. The van der Waals surface area contributed by atoms with Gasteiger partial charge in [-0.2, -0.15) is 0 Å². The van der Waals surface area contributed by atoms with E-state index in [0.29, 0.717) is 42.7 Å². The van der Waals surface area contributed by atoms with Gasteiger partial charge < -0.3 is 19.1 Å². The first kappa shape index (κ1) is 22.7. The maximum Gasteiger partial charge on any atom is 0.339 e. The van der Waals surface area contributed by atoms with Crippen molar-refractivity contribution in [2.75, 3.05) is 26.8 Å². The fraction of sp³-hybridized carbons (Fsp3) is 0.440. The summed E-state index contributed by atoms with van der Waals surface area (Å²) in [6.07, 6.45) is 2.11. The standard InChI is InChI=1S/C25H31NO5/c1-4-30-22-11-10-21(17-23(22)29-3)25(28)31-18(2)24(27)26-14-12-20(13-15-26)16-19-8-6-5-7-9-19/h5-11,17-18,20H,4,12-16H2,1-3H3/t18-/m0/s1. The van der Waals surface area contributed by atoms with E-state index >= 15 is 0 Å². The molecule has 0 aliphatic carbocycles. The van der Waals surface area contributed by atoms with E-state index in [-0.39, 0.29) is 5.91 Å². The minimum atomic E-state index is -0.837. The summed E-state index contributed by atoms with van der Waals surface area (Å²) in [4.78, 5) is 27.1. The highest BCUT2D eigenvalue weighted by molar-refractivity contribution is 5.92. The number of amides is 1. The predicted octanol–water partition coefficient (Wildman–Crippen LogP) is 4.12. The molecule has 0 unspecified atom stereocenters. The van der Waals surface area contributed by atoms with Gasteiger partial charge in [-0.3, -0.25) is 4.79 Å². The van der Waals surface area contributed by atoms with Gasteiger partial charge in [-0.25, -0.2) is 4.79 Å². The Hall–Kier alpha value is -3.02. The van der Waals surface area contributed by atoms with E-state index in [1.54, 1.807) is 30.0 Å². The molecule has 1 atom stereocenters. The summed E-state index contributed by atoms with van der Waals surface area (Å²) in [7, 11) is 1.51.